The monoisotopic (exact) mass is 2680 g/mol. The van der Waals surface area contributed by atoms with E-state index in [-0.39, 0.29) is 150 Å². The maximum absolute atomic E-state index is 11.0. The number of thiophene rings is 4. The molecule has 144 heavy (non-hydrogen) atoms. The Morgan fingerprint density at radius 3 is 1.01 bits per heavy atom. The number of hydrogen-bond acceptors (Lipinski definition) is 20. The quantitative estimate of drug-likeness (QED) is 0.0503. The van der Waals surface area contributed by atoms with Gasteiger partial charge in [-0.25, -0.2) is 0 Å². The third-order valence-corrected chi connectivity index (χ3v) is 28.4. The number of pyridine rings is 8. The van der Waals surface area contributed by atoms with Gasteiger partial charge in [-0.2, -0.15) is 45.3 Å². The second-order valence-electron chi connectivity index (χ2n) is 35.2. The van der Waals surface area contributed by atoms with Gasteiger partial charge in [-0.3, -0.25) is 34.1 Å². The van der Waals surface area contributed by atoms with Crippen molar-refractivity contribution in [3.05, 3.63) is 340 Å². The molecule has 0 amide bonds. The molecule has 728 valence electrons. The van der Waals surface area contributed by atoms with Crippen LogP contribution < -0.4 is 0 Å². The Kier molecular flexibility index (Phi) is 32.6. The zero-order valence-electron chi connectivity index (χ0n) is 79.8. The Bertz CT molecular complexity index is 8780. The van der Waals surface area contributed by atoms with Gasteiger partial charge in [-0.05, 0) is 136 Å². The van der Waals surface area contributed by atoms with Gasteiger partial charge in [0.1, 0.15) is 0 Å². The first-order valence-corrected chi connectivity index (χ1v) is 49.0. The number of para-hydroxylation sites is 4. The van der Waals surface area contributed by atoms with Crippen LogP contribution >= 0.6 is 45.3 Å². The Morgan fingerprint density at radius 2 is 0.611 bits per heavy atom. The summed E-state index contributed by atoms with van der Waals surface area (Å²) in [7, 11) is 0. The first-order valence-electron chi connectivity index (χ1n) is 45.7. The van der Waals surface area contributed by atoms with Crippen molar-refractivity contribution in [2.24, 2.45) is 23.7 Å². The number of fused-ring (bicyclic) bond motifs is 26. The zero-order valence-corrected chi connectivity index (χ0v) is 92.6. The minimum absolute atomic E-state index is 0. The average molecular weight is 2680 g/mol. The van der Waals surface area contributed by atoms with Gasteiger partial charge in [0.05, 0.1) is 28.6 Å². The molecule has 26 aromatic rings. The topological polar surface area (TPSA) is 270 Å². The summed E-state index contributed by atoms with van der Waals surface area (Å²) < 4.78 is 9.39. The van der Waals surface area contributed by atoms with E-state index < -0.39 is 0 Å². The smallest absolute Gasteiger partial charge is 0.161 e. The van der Waals surface area contributed by atoms with E-state index in [1.807, 2.05) is 154 Å². The van der Waals surface area contributed by atoms with Crippen molar-refractivity contribution in [3.8, 4) is 42.3 Å². The van der Waals surface area contributed by atoms with Crippen molar-refractivity contribution in [2.75, 3.05) is 0 Å². The molecule has 0 unspecified atom stereocenters. The van der Waals surface area contributed by atoms with Gasteiger partial charge in [-0.15, -0.1) is 40.4 Å². The van der Waals surface area contributed by atoms with Gasteiger partial charge in [0, 0.05) is 307 Å². The number of nitrogens with zero attached hydrogens (tertiary/aromatic N) is 12. The van der Waals surface area contributed by atoms with E-state index in [9.17, 15) is 29.4 Å². The maximum atomic E-state index is 11.0. The standard InChI is InChI=1S/2C24H12N3S.2C20H10N3S.2C9H16O2.2C5H8O2.4Ir/c1-2-6-15-14(5-1)9-11-25-21(15)20-13-18-22-23-17(10-12-26-22)16-7-3-4-8-19(16)27(23)24(18)28-20;1-2-6-15-14(5-1)9-10-26-22(15)21-11-17-19-13-25-12-18-16-7-3-4-8-20(16)27(23(18)19)24(17)28-21;1-2-7-16-13(5-1)18-19-12(8-10-22-18)14-11-17(24-20(14)23(16)19)15-6-3-4-9-21-15;1-2-7-17-12(5-1)14-10-21-11-15-13-9-18(16-6-3-4-8-22-16)24-20(13)23(17)19(14)15;2*1-6(2)8(10)5-9(11)7(3)4;2*1-4(6)3-5(2)7;;;;/h1-12H;1-10,12-13H;1-10H;1-8,10-11H;2*5-7,10H,1-4H3;2*3,6H,1-2H3;;;;/q4*-1;;;;;;;;. The zero-order chi connectivity index (χ0) is 97.6. The van der Waals surface area contributed by atoms with Crippen LogP contribution in [0.15, 0.2) is 316 Å². The van der Waals surface area contributed by atoms with Crippen LogP contribution in [0.5, 0.6) is 0 Å². The molecule has 26 rings (SSSR count). The van der Waals surface area contributed by atoms with Crippen LogP contribution in [0.4, 0.5) is 0 Å². The minimum atomic E-state index is -0.125. The van der Waals surface area contributed by atoms with E-state index in [1.165, 1.54) is 169 Å². The molecule has 0 aliphatic carbocycles. The van der Waals surface area contributed by atoms with E-state index in [2.05, 4.69) is 237 Å². The fourth-order valence-corrected chi connectivity index (χ4v) is 22.0. The van der Waals surface area contributed by atoms with Crippen LogP contribution in [0.1, 0.15) is 83.1 Å². The molecule has 4 radical (unpaired) electrons. The number of aromatic nitrogens is 12. The van der Waals surface area contributed by atoms with Gasteiger partial charge >= 0.3 is 0 Å². The number of allylic oxidation sites excluding steroid dienone is 8. The summed E-state index contributed by atoms with van der Waals surface area (Å²) >= 11 is 6.98. The largest absolute Gasteiger partial charge is 0.512 e. The van der Waals surface area contributed by atoms with Crippen LogP contribution in [0, 0.1) is 47.9 Å². The van der Waals surface area contributed by atoms with Gasteiger partial charge in [0.25, 0.3) is 0 Å². The molecule has 28 heteroatoms. The number of aliphatic hydroxyl groups is 4. The van der Waals surface area contributed by atoms with Crippen LogP contribution in [-0.4, -0.2) is 101 Å². The van der Waals surface area contributed by atoms with E-state index in [4.69, 9.17) is 25.2 Å². The summed E-state index contributed by atoms with van der Waals surface area (Å²) in [5.74, 6) is 0.196. The third-order valence-electron chi connectivity index (χ3n) is 24.0. The molecule has 0 spiro atoms. The number of hydrogen-bond donors (Lipinski definition) is 4. The SMILES string of the molecule is CC(=O)C=C(C)O.CC(=O)C=C(C)O.CC(C)C(=O)C=C(O)C(C)C.CC(C)C(=O)C=C(O)C(C)C.[Ir].[Ir].[Ir].[Ir].[c-]1c(-c2ccccn2)sc2c1c1ccnc3c4ccccc4n2c13.[c-]1c(-c2ccccn2)sc2c1c1cncc3c4ccccc4n2c13.[c-]1c(-c2nccc3ccccc23)sc2c1c1cncc3c4ccccc4n2c13.[c-]1c(-c2nccc3ccccc23)sc2c1c1nccc3c4ccccc4n2c31. The predicted octanol–water partition coefficient (Wildman–Crippen LogP) is 29.6. The maximum Gasteiger partial charge on any atom is 0.161 e. The molecule has 6 aromatic carbocycles. The van der Waals surface area contributed by atoms with Crippen LogP contribution in [0.25, 0.3) is 214 Å². The number of aliphatic hydroxyl groups excluding tert-OH is 4. The molecule has 0 fully saturated rings. The number of carbonyl (C=O) groups excluding carboxylic acids is 4. The Labute approximate surface area is 897 Å². The third kappa shape index (κ3) is 20.3. The molecule has 0 aliphatic heterocycles. The van der Waals surface area contributed by atoms with Crippen molar-refractivity contribution in [1.82, 2.24) is 57.5 Å². The summed E-state index contributed by atoms with van der Waals surface area (Å²) in [6, 6.07) is 85.6. The Balaban J connectivity index is 0.000000129. The molecule has 0 aliphatic rings. The van der Waals surface area contributed by atoms with Crippen molar-refractivity contribution in [3.63, 3.8) is 0 Å². The number of rotatable bonds is 12. The minimum Gasteiger partial charge on any atom is -0.512 e. The molecule has 20 aromatic heterocycles. The second-order valence-corrected chi connectivity index (χ2v) is 39.2. The molecule has 0 atom stereocenters. The van der Waals surface area contributed by atoms with Crippen LogP contribution in [0.3, 0.4) is 0 Å². The van der Waals surface area contributed by atoms with Gasteiger partial charge in [0.15, 0.2) is 23.1 Å². The van der Waals surface area contributed by atoms with Crippen molar-refractivity contribution >= 4 is 240 Å². The van der Waals surface area contributed by atoms with Crippen LogP contribution in [0.2, 0.25) is 0 Å². The van der Waals surface area contributed by atoms with E-state index in [1.54, 1.807) is 45.3 Å². The summed E-state index contributed by atoms with van der Waals surface area (Å²) in [4.78, 5) is 87.9. The van der Waals surface area contributed by atoms with Crippen molar-refractivity contribution < 1.29 is 120 Å². The van der Waals surface area contributed by atoms with Gasteiger partial charge in [-0.1, -0.05) is 229 Å². The van der Waals surface area contributed by atoms with E-state index in [0.717, 1.165) is 96.4 Å². The molecule has 0 saturated carbocycles. The molecule has 4 N–H and O–H groups in total. The second kappa shape index (κ2) is 44.8. The molecule has 0 bridgehead atoms. The van der Waals surface area contributed by atoms with E-state index >= 15 is 0 Å². The molecular formula is C116H92Ir4N12O8S4-4. The van der Waals surface area contributed by atoms with Crippen molar-refractivity contribution in [1.29, 1.82) is 0 Å². The first-order chi connectivity index (χ1) is 67.8. The Hall–Kier alpha value is -13.5. The molecule has 0 saturated heterocycles. The number of carbonyl (C=O) groups is 4. The van der Waals surface area contributed by atoms with E-state index in [0.29, 0.717) is 0 Å². The van der Waals surface area contributed by atoms with Gasteiger partial charge < -0.3 is 62.9 Å². The molecule has 20 nitrogen and oxygen atoms in total. The van der Waals surface area contributed by atoms with Crippen LogP contribution in [-0.2, 0) is 99.6 Å². The first kappa shape index (κ1) is 105. The fraction of sp³-hybridized carbons (Fsp3) is 0.138. The summed E-state index contributed by atoms with van der Waals surface area (Å²) in [6.45, 7) is 20.3. The average Bonchev–Trinajstić information content (AvgIpc) is 1.56. The van der Waals surface area contributed by atoms with Gasteiger partial charge in [0.2, 0.25) is 0 Å². The number of ketones is 4. The molecular weight excluding hydrogens is 2590 g/mol. The van der Waals surface area contributed by atoms with Crippen molar-refractivity contribution in [2.45, 2.75) is 83.1 Å². The summed E-state index contributed by atoms with van der Waals surface area (Å²) in [6.07, 6.45) is 24.0. The Morgan fingerprint density at radius 1 is 0.292 bits per heavy atom. The summed E-state index contributed by atoms with van der Waals surface area (Å²) in [5.41, 5.74) is 15.8. The number of benzene rings is 6. The normalized spacial score (nSPS) is 11.9. The predicted molar refractivity (Wildman–Crippen MR) is 575 cm³/mol. The molecule has 20 heterocycles. The fourth-order valence-electron chi connectivity index (χ4n) is 17.5. The summed E-state index contributed by atoms with van der Waals surface area (Å²) in [5, 5.41) is 56.5.